The number of hydrogen-bond donors (Lipinski definition) is 0. The SMILES string of the molecule is Cc1nn(-c2ccccn2)c(C)c1N1CCN(C(=O)c2ccc(S(=O)(=O)N3CCOCC3)cc2)CC1. The highest BCUT2D eigenvalue weighted by molar-refractivity contribution is 7.89. The van der Waals surface area contributed by atoms with Gasteiger partial charge in [0.05, 0.1) is 35.2 Å². The number of nitrogens with zero attached hydrogens (tertiary/aromatic N) is 6. The number of aromatic nitrogens is 3. The van der Waals surface area contributed by atoms with E-state index in [9.17, 15) is 13.2 Å². The molecule has 0 atom stereocenters. The maximum Gasteiger partial charge on any atom is 0.253 e. The van der Waals surface area contributed by atoms with Crippen LogP contribution in [0.1, 0.15) is 21.7 Å². The molecule has 0 bridgehead atoms. The van der Waals surface area contributed by atoms with Crippen molar-refractivity contribution in [2.45, 2.75) is 18.7 Å². The Balaban J connectivity index is 1.25. The molecule has 0 radical (unpaired) electrons. The lowest BCUT2D eigenvalue weighted by atomic mass is 10.1. The zero-order chi connectivity index (χ0) is 25.3. The maximum atomic E-state index is 13.1. The molecule has 1 aromatic carbocycles. The van der Waals surface area contributed by atoms with E-state index in [2.05, 4.69) is 9.88 Å². The van der Waals surface area contributed by atoms with Crippen molar-refractivity contribution in [1.82, 2.24) is 24.0 Å². The molecule has 10 nitrogen and oxygen atoms in total. The number of carbonyl (C=O) groups excluding carboxylic acids is 1. The Morgan fingerprint density at radius 2 is 1.61 bits per heavy atom. The number of carbonyl (C=O) groups is 1. The van der Waals surface area contributed by atoms with Crippen LogP contribution in [-0.4, -0.2) is 90.8 Å². The van der Waals surface area contributed by atoms with Gasteiger partial charge in [0.15, 0.2) is 5.82 Å². The van der Waals surface area contributed by atoms with Crippen LogP contribution < -0.4 is 4.90 Å². The van der Waals surface area contributed by atoms with E-state index in [0.29, 0.717) is 58.0 Å². The molecule has 11 heteroatoms. The summed E-state index contributed by atoms with van der Waals surface area (Å²) in [6, 6.07) is 12.0. The molecule has 2 saturated heterocycles. The minimum atomic E-state index is -3.58. The topological polar surface area (TPSA) is 101 Å². The molecule has 2 fully saturated rings. The van der Waals surface area contributed by atoms with Crippen LogP contribution in [0.3, 0.4) is 0 Å². The molecule has 3 aromatic rings. The fourth-order valence-electron chi connectivity index (χ4n) is 4.82. The van der Waals surface area contributed by atoms with Gasteiger partial charge in [0.2, 0.25) is 10.0 Å². The second kappa shape index (κ2) is 10.00. The number of piperazine rings is 1. The predicted octanol–water partition coefficient (Wildman–Crippen LogP) is 1.87. The lowest BCUT2D eigenvalue weighted by Gasteiger charge is -2.36. The number of aryl methyl sites for hydroxylation is 1. The smallest absolute Gasteiger partial charge is 0.253 e. The summed E-state index contributed by atoms with van der Waals surface area (Å²) in [5, 5.41) is 4.69. The van der Waals surface area contributed by atoms with Crippen molar-refractivity contribution in [1.29, 1.82) is 0 Å². The lowest BCUT2D eigenvalue weighted by Crippen LogP contribution is -2.49. The average Bonchev–Trinajstić information content (AvgIpc) is 3.23. The Morgan fingerprint density at radius 1 is 0.917 bits per heavy atom. The third kappa shape index (κ3) is 4.61. The van der Waals surface area contributed by atoms with Crippen molar-refractivity contribution in [2.24, 2.45) is 0 Å². The van der Waals surface area contributed by atoms with E-state index in [1.54, 1.807) is 18.3 Å². The van der Waals surface area contributed by atoms with Gasteiger partial charge in [0, 0.05) is 51.0 Å². The molecule has 0 spiro atoms. The number of rotatable bonds is 5. The molecule has 2 aliphatic heterocycles. The number of pyridine rings is 1. The summed E-state index contributed by atoms with van der Waals surface area (Å²) < 4.78 is 34.2. The van der Waals surface area contributed by atoms with Gasteiger partial charge in [-0.05, 0) is 50.2 Å². The highest BCUT2D eigenvalue weighted by Gasteiger charge is 2.28. The van der Waals surface area contributed by atoms with E-state index in [4.69, 9.17) is 9.84 Å². The van der Waals surface area contributed by atoms with Gasteiger partial charge >= 0.3 is 0 Å². The average molecular weight is 511 g/mol. The van der Waals surface area contributed by atoms with Crippen molar-refractivity contribution >= 4 is 21.6 Å². The quantitative estimate of drug-likeness (QED) is 0.517. The molecule has 0 saturated carbocycles. The third-order valence-corrected chi connectivity index (χ3v) is 8.62. The summed E-state index contributed by atoms with van der Waals surface area (Å²) in [4.78, 5) is 21.8. The molecule has 0 N–H and O–H groups in total. The zero-order valence-electron chi connectivity index (χ0n) is 20.5. The Bertz CT molecular complexity index is 1330. The highest BCUT2D eigenvalue weighted by atomic mass is 32.2. The molecule has 190 valence electrons. The number of anilines is 1. The van der Waals surface area contributed by atoms with Crippen molar-refractivity contribution in [3.8, 4) is 5.82 Å². The molecule has 0 unspecified atom stereocenters. The van der Waals surface area contributed by atoms with E-state index in [1.165, 1.54) is 16.4 Å². The highest BCUT2D eigenvalue weighted by Crippen LogP contribution is 2.27. The minimum Gasteiger partial charge on any atom is -0.379 e. The standard InChI is InChI=1S/C25H30N6O4S/c1-19-24(20(2)31(27-19)23-5-3-4-10-26-23)28-11-13-29(14-12-28)25(32)21-6-8-22(9-7-21)36(33,34)30-15-17-35-18-16-30/h3-10H,11-18H2,1-2H3. The summed E-state index contributed by atoms with van der Waals surface area (Å²) in [6.07, 6.45) is 1.75. The van der Waals surface area contributed by atoms with Crippen LogP contribution in [0.15, 0.2) is 53.6 Å². The molecule has 2 aliphatic rings. The van der Waals surface area contributed by atoms with Crippen molar-refractivity contribution in [3.05, 3.63) is 65.6 Å². The number of sulfonamides is 1. The first-order chi connectivity index (χ1) is 17.4. The number of amides is 1. The predicted molar refractivity (Wildman–Crippen MR) is 135 cm³/mol. The summed E-state index contributed by atoms with van der Waals surface area (Å²) in [6.45, 7) is 8.01. The van der Waals surface area contributed by atoms with Crippen LogP contribution in [0.25, 0.3) is 5.82 Å². The van der Waals surface area contributed by atoms with Gasteiger partial charge in [0.1, 0.15) is 0 Å². The van der Waals surface area contributed by atoms with Crippen molar-refractivity contribution in [3.63, 3.8) is 0 Å². The fourth-order valence-corrected chi connectivity index (χ4v) is 6.22. The van der Waals surface area contributed by atoms with Crippen LogP contribution in [-0.2, 0) is 14.8 Å². The molecule has 1 amide bonds. The molecular weight excluding hydrogens is 480 g/mol. The van der Waals surface area contributed by atoms with Gasteiger partial charge in [-0.1, -0.05) is 6.07 Å². The molecule has 0 aliphatic carbocycles. The van der Waals surface area contributed by atoms with Crippen LogP contribution in [0.4, 0.5) is 5.69 Å². The van der Waals surface area contributed by atoms with Gasteiger partial charge in [-0.15, -0.1) is 0 Å². The first-order valence-electron chi connectivity index (χ1n) is 12.1. The van der Waals surface area contributed by atoms with Gasteiger partial charge in [-0.3, -0.25) is 4.79 Å². The van der Waals surface area contributed by atoms with E-state index in [-0.39, 0.29) is 10.8 Å². The lowest BCUT2D eigenvalue weighted by molar-refractivity contribution is 0.0730. The maximum absolute atomic E-state index is 13.1. The van der Waals surface area contributed by atoms with Crippen molar-refractivity contribution < 1.29 is 17.9 Å². The Hall–Kier alpha value is -3.28. The molecule has 36 heavy (non-hydrogen) atoms. The van der Waals surface area contributed by atoms with Gasteiger partial charge < -0.3 is 14.5 Å². The van der Waals surface area contributed by atoms with E-state index < -0.39 is 10.0 Å². The van der Waals surface area contributed by atoms with Crippen molar-refractivity contribution in [2.75, 3.05) is 57.4 Å². The Labute approximate surface area is 211 Å². The first kappa shape index (κ1) is 24.4. The van der Waals surface area contributed by atoms with Crippen LogP contribution >= 0.6 is 0 Å². The number of ether oxygens (including phenoxy) is 1. The monoisotopic (exact) mass is 510 g/mol. The number of hydrogen-bond acceptors (Lipinski definition) is 7. The van der Waals surface area contributed by atoms with Gasteiger partial charge in [-0.2, -0.15) is 9.40 Å². The number of morpholine rings is 1. The van der Waals surface area contributed by atoms with Gasteiger partial charge in [-0.25, -0.2) is 18.1 Å². The summed E-state index contributed by atoms with van der Waals surface area (Å²) >= 11 is 0. The normalized spacial score (nSPS) is 17.4. The molecule has 4 heterocycles. The van der Waals surface area contributed by atoms with Crippen LogP contribution in [0.5, 0.6) is 0 Å². The number of benzene rings is 1. The summed E-state index contributed by atoms with van der Waals surface area (Å²) in [7, 11) is -3.58. The third-order valence-electron chi connectivity index (χ3n) is 6.71. The van der Waals surface area contributed by atoms with Crippen LogP contribution in [0, 0.1) is 13.8 Å². The summed E-state index contributed by atoms with van der Waals surface area (Å²) in [5.41, 5.74) is 3.50. The first-order valence-corrected chi connectivity index (χ1v) is 13.5. The largest absolute Gasteiger partial charge is 0.379 e. The zero-order valence-corrected chi connectivity index (χ0v) is 21.3. The van der Waals surface area contributed by atoms with E-state index in [1.807, 2.05) is 41.6 Å². The Morgan fingerprint density at radius 3 is 2.25 bits per heavy atom. The molecular formula is C25H30N6O4S. The fraction of sp³-hybridized carbons (Fsp3) is 0.400. The minimum absolute atomic E-state index is 0.0948. The second-order valence-electron chi connectivity index (χ2n) is 8.94. The van der Waals surface area contributed by atoms with E-state index >= 15 is 0 Å². The Kier molecular flexibility index (Phi) is 6.78. The summed E-state index contributed by atoms with van der Waals surface area (Å²) in [5.74, 6) is 0.680. The van der Waals surface area contributed by atoms with Crippen LogP contribution in [0.2, 0.25) is 0 Å². The van der Waals surface area contributed by atoms with Gasteiger partial charge in [0.25, 0.3) is 5.91 Å². The second-order valence-corrected chi connectivity index (χ2v) is 10.9. The van der Waals surface area contributed by atoms with E-state index in [0.717, 1.165) is 22.9 Å². The molecule has 2 aromatic heterocycles. The molecule has 5 rings (SSSR count).